The van der Waals surface area contributed by atoms with Crippen LogP contribution in [0.5, 0.6) is 0 Å². The molecule has 2 aromatic carbocycles. The van der Waals surface area contributed by atoms with E-state index < -0.39 is 0 Å². The van der Waals surface area contributed by atoms with Crippen LogP contribution in [-0.4, -0.2) is 21.6 Å². The molecule has 0 aliphatic heterocycles. The predicted octanol–water partition coefficient (Wildman–Crippen LogP) is 3.86. The number of carbonyl (C=O) groups excluding carboxylic acids is 2. The van der Waals surface area contributed by atoms with Crippen molar-refractivity contribution in [3.8, 4) is 5.69 Å². The van der Waals surface area contributed by atoms with Crippen molar-refractivity contribution in [3.63, 3.8) is 0 Å². The minimum absolute atomic E-state index is 0.147. The summed E-state index contributed by atoms with van der Waals surface area (Å²) in [6.45, 7) is 3.36. The number of halogens is 2. The summed E-state index contributed by atoms with van der Waals surface area (Å²) >= 11 is 6.36. The molecular weight excluding hydrogens is 383 g/mol. The van der Waals surface area contributed by atoms with E-state index in [1.807, 2.05) is 6.07 Å². The number of benzene rings is 2. The molecule has 0 fully saturated rings. The molecule has 0 aliphatic rings. The number of anilines is 1. The fraction of sp³-hybridized carbons (Fsp3) is 0.150. The van der Waals surface area contributed by atoms with Crippen molar-refractivity contribution in [1.82, 2.24) is 15.1 Å². The van der Waals surface area contributed by atoms with Crippen LogP contribution in [0, 0.1) is 12.7 Å². The zero-order valence-electron chi connectivity index (χ0n) is 15.3. The van der Waals surface area contributed by atoms with Gasteiger partial charge in [0.1, 0.15) is 11.0 Å². The highest BCUT2D eigenvalue weighted by Gasteiger charge is 2.21. The van der Waals surface area contributed by atoms with Gasteiger partial charge in [-0.25, -0.2) is 9.07 Å². The minimum Gasteiger partial charge on any atom is -0.348 e. The van der Waals surface area contributed by atoms with E-state index >= 15 is 0 Å². The van der Waals surface area contributed by atoms with Crippen molar-refractivity contribution >= 4 is 29.1 Å². The first-order valence-corrected chi connectivity index (χ1v) is 8.88. The fourth-order valence-corrected chi connectivity index (χ4v) is 3.10. The van der Waals surface area contributed by atoms with Gasteiger partial charge in [0.15, 0.2) is 0 Å². The van der Waals surface area contributed by atoms with Crippen molar-refractivity contribution in [2.24, 2.45) is 0 Å². The fourth-order valence-electron chi connectivity index (χ4n) is 2.74. The van der Waals surface area contributed by atoms with Gasteiger partial charge in [-0.3, -0.25) is 9.59 Å². The molecular formula is C20H18ClFN4O2. The van der Waals surface area contributed by atoms with Crippen LogP contribution in [0.15, 0.2) is 48.5 Å². The number of amides is 2. The Morgan fingerprint density at radius 3 is 2.57 bits per heavy atom. The third kappa shape index (κ3) is 4.37. The summed E-state index contributed by atoms with van der Waals surface area (Å²) in [6.07, 6.45) is 0. The molecule has 28 heavy (non-hydrogen) atoms. The first-order chi connectivity index (χ1) is 13.3. The number of nitrogens with one attached hydrogen (secondary N) is 2. The highest BCUT2D eigenvalue weighted by molar-refractivity contribution is 6.33. The number of hydrogen-bond donors (Lipinski definition) is 2. The van der Waals surface area contributed by atoms with E-state index in [9.17, 15) is 14.0 Å². The first kappa shape index (κ1) is 19.6. The SMILES string of the molecule is CC(=O)Nc1cccc(CNC(=O)c2c(C)nn(-c3ccc(F)cc3)c2Cl)c1. The van der Waals surface area contributed by atoms with Crippen LogP contribution < -0.4 is 10.6 Å². The molecule has 0 saturated carbocycles. The van der Waals surface area contributed by atoms with Crippen molar-refractivity contribution in [3.05, 3.63) is 76.3 Å². The zero-order chi connectivity index (χ0) is 20.3. The van der Waals surface area contributed by atoms with Gasteiger partial charge < -0.3 is 10.6 Å². The van der Waals surface area contributed by atoms with Gasteiger partial charge in [-0.2, -0.15) is 5.10 Å². The molecule has 0 aliphatic carbocycles. The Bertz CT molecular complexity index is 1030. The van der Waals surface area contributed by atoms with Crippen molar-refractivity contribution in [2.75, 3.05) is 5.32 Å². The smallest absolute Gasteiger partial charge is 0.256 e. The summed E-state index contributed by atoms with van der Waals surface area (Å²) in [6, 6.07) is 12.8. The van der Waals surface area contributed by atoms with Crippen LogP contribution in [0.25, 0.3) is 5.69 Å². The van der Waals surface area contributed by atoms with Crippen LogP contribution in [0.1, 0.15) is 28.5 Å². The average molecular weight is 401 g/mol. The van der Waals surface area contributed by atoms with Gasteiger partial charge in [-0.1, -0.05) is 23.7 Å². The Balaban J connectivity index is 1.76. The molecule has 0 atom stereocenters. The van der Waals surface area contributed by atoms with Crippen LogP contribution >= 0.6 is 11.6 Å². The number of rotatable bonds is 5. The second-order valence-corrected chi connectivity index (χ2v) is 6.56. The standard InChI is InChI=1S/C20H18ClFN4O2/c1-12-18(19(21)26(25-12)17-8-6-15(22)7-9-17)20(28)23-11-14-4-3-5-16(10-14)24-13(2)27/h3-10H,11H2,1-2H3,(H,23,28)(H,24,27). The topological polar surface area (TPSA) is 76.0 Å². The number of aryl methyl sites for hydroxylation is 1. The normalized spacial score (nSPS) is 10.6. The molecule has 3 rings (SSSR count). The van der Waals surface area contributed by atoms with E-state index in [1.165, 1.54) is 35.9 Å². The van der Waals surface area contributed by atoms with Gasteiger partial charge in [0, 0.05) is 19.2 Å². The van der Waals surface area contributed by atoms with Gasteiger partial charge in [-0.15, -0.1) is 0 Å². The summed E-state index contributed by atoms with van der Waals surface area (Å²) in [7, 11) is 0. The maximum atomic E-state index is 13.1. The lowest BCUT2D eigenvalue weighted by Crippen LogP contribution is -2.23. The zero-order valence-corrected chi connectivity index (χ0v) is 16.0. The first-order valence-electron chi connectivity index (χ1n) is 8.51. The molecule has 0 unspecified atom stereocenters. The van der Waals surface area contributed by atoms with E-state index in [1.54, 1.807) is 25.1 Å². The molecule has 2 N–H and O–H groups in total. The van der Waals surface area contributed by atoms with E-state index in [0.29, 0.717) is 17.1 Å². The van der Waals surface area contributed by atoms with Gasteiger partial charge in [0.2, 0.25) is 5.91 Å². The van der Waals surface area contributed by atoms with Crippen LogP contribution in [0.3, 0.4) is 0 Å². The van der Waals surface area contributed by atoms with Crippen molar-refractivity contribution in [2.45, 2.75) is 20.4 Å². The van der Waals surface area contributed by atoms with Crippen LogP contribution in [0.2, 0.25) is 5.15 Å². The summed E-state index contributed by atoms with van der Waals surface area (Å²) in [5.41, 5.74) is 2.73. The molecule has 0 saturated heterocycles. The van der Waals surface area contributed by atoms with E-state index in [4.69, 9.17) is 11.6 Å². The number of hydrogen-bond acceptors (Lipinski definition) is 3. The second-order valence-electron chi connectivity index (χ2n) is 6.20. The Labute approximate surface area is 166 Å². The van der Waals surface area contributed by atoms with Gasteiger partial charge in [0.05, 0.1) is 16.9 Å². The Morgan fingerprint density at radius 1 is 1.18 bits per heavy atom. The number of aromatic nitrogens is 2. The van der Waals surface area contributed by atoms with E-state index in [0.717, 1.165) is 5.56 Å². The number of carbonyl (C=O) groups is 2. The summed E-state index contributed by atoms with van der Waals surface area (Å²) < 4.78 is 14.5. The largest absolute Gasteiger partial charge is 0.348 e. The lowest BCUT2D eigenvalue weighted by Gasteiger charge is -2.08. The summed E-state index contributed by atoms with van der Waals surface area (Å²) in [5, 5.41) is 9.93. The Morgan fingerprint density at radius 2 is 1.89 bits per heavy atom. The van der Waals surface area contributed by atoms with Crippen molar-refractivity contribution < 1.29 is 14.0 Å². The quantitative estimate of drug-likeness (QED) is 0.682. The molecule has 1 aromatic heterocycles. The average Bonchev–Trinajstić information content (AvgIpc) is 2.94. The third-order valence-electron chi connectivity index (χ3n) is 4.00. The predicted molar refractivity (Wildman–Crippen MR) is 105 cm³/mol. The lowest BCUT2D eigenvalue weighted by molar-refractivity contribution is -0.114. The molecule has 0 spiro atoms. The van der Waals surface area contributed by atoms with Gasteiger partial charge in [0.25, 0.3) is 5.91 Å². The summed E-state index contributed by atoms with van der Waals surface area (Å²) in [4.78, 5) is 23.8. The molecule has 144 valence electrons. The minimum atomic E-state index is -0.374. The van der Waals surface area contributed by atoms with Gasteiger partial charge >= 0.3 is 0 Å². The monoisotopic (exact) mass is 400 g/mol. The second kappa shape index (κ2) is 8.22. The Kier molecular flexibility index (Phi) is 5.75. The molecule has 2 amide bonds. The Hall–Kier alpha value is -3.19. The maximum Gasteiger partial charge on any atom is 0.256 e. The molecule has 6 nitrogen and oxygen atoms in total. The van der Waals surface area contributed by atoms with Crippen molar-refractivity contribution in [1.29, 1.82) is 0 Å². The van der Waals surface area contributed by atoms with Crippen LogP contribution in [0.4, 0.5) is 10.1 Å². The highest BCUT2D eigenvalue weighted by Crippen LogP contribution is 2.24. The molecule has 8 heteroatoms. The number of nitrogens with zero attached hydrogens (tertiary/aromatic N) is 2. The van der Waals surface area contributed by atoms with Crippen LogP contribution in [-0.2, 0) is 11.3 Å². The molecule has 0 radical (unpaired) electrons. The van der Waals surface area contributed by atoms with E-state index in [2.05, 4.69) is 15.7 Å². The molecule has 0 bridgehead atoms. The van der Waals surface area contributed by atoms with Gasteiger partial charge in [-0.05, 0) is 48.9 Å². The third-order valence-corrected chi connectivity index (χ3v) is 4.35. The molecule has 3 aromatic rings. The summed E-state index contributed by atoms with van der Waals surface area (Å²) in [5.74, 6) is -0.916. The lowest BCUT2D eigenvalue weighted by atomic mass is 10.2. The maximum absolute atomic E-state index is 13.1. The molecule has 1 heterocycles. The highest BCUT2D eigenvalue weighted by atomic mass is 35.5. The van der Waals surface area contributed by atoms with E-state index in [-0.39, 0.29) is 34.9 Å².